The van der Waals surface area contributed by atoms with Gasteiger partial charge in [-0.3, -0.25) is 14.3 Å². The van der Waals surface area contributed by atoms with Gasteiger partial charge in [0.1, 0.15) is 0 Å². The highest BCUT2D eigenvalue weighted by Gasteiger charge is 2.29. The van der Waals surface area contributed by atoms with Crippen LogP contribution in [0.1, 0.15) is 36.8 Å². The molecule has 0 bridgehead atoms. The lowest BCUT2D eigenvalue weighted by Crippen LogP contribution is -2.34. The maximum atomic E-state index is 12.3. The molecule has 1 aliphatic rings. The van der Waals surface area contributed by atoms with Crippen molar-refractivity contribution in [3.05, 3.63) is 53.9 Å². The molecule has 1 aromatic carbocycles. The van der Waals surface area contributed by atoms with E-state index in [1.165, 1.54) is 5.56 Å². The molecule has 0 saturated heterocycles. The zero-order valence-electron chi connectivity index (χ0n) is 14.1. The fourth-order valence-corrected chi connectivity index (χ4v) is 3.29. The number of hydrogen-bond acceptors (Lipinski definition) is 3. The summed E-state index contributed by atoms with van der Waals surface area (Å²) in [7, 11) is 0. The number of carbonyl (C=O) groups is 2. The number of benzene rings is 1. The molecule has 2 aromatic rings. The summed E-state index contributed by atoms with van der Waals surface area (Å²) in [6.45, 7) is 1.15. The van der Waals surface area contributed by atoms with Crippen LogP contribution in [-0.4, -0.2) is 26.8 Å². The Hall–Kier alpha value is -2.63. The fourth-order valence-electron chi connectivity index (χ4n) is 3.29. The van der Waals surface area contributed by atoms with Crippen molar-refractivity contribution in [3.63, 3.8) is 0 Å². The lowest BCUT2D eigenvalue weighted by molar-refractivity contribution is -0.144. The van der Waals surface area contributed by atoms with Crippen LogP contribution in [0.2, 0.25) is 0 Å². The molecular formula is C19H23N3O3. The lowest BCUT2D eigenvalue weighted by Gasteiger charge is -2.25. The first-order valence-corrected chi connectivity index (χ1v) is 8.67. The molecular weight excluding hydrogens is 318 g/mol. The molecule has 1 saturated carbocycles. The van der Waals surface area contributed by atoms with Gasteiger partial charge < -0.3 is 10.4 Å². The van der Waals surface area contributed by atoms with Crippen LogP contribution in [0.4, 0.5) is 0 Å². The van der Waals surface area contributed by atoms with Crippen LogP contribution in [0.15, 0.2) is 42.7 Å². The third kappa shape index (κ3) is 4.68. The number of aliphatic carboxylic acids is 1. The molecule has 6 nitrogen and oxygen atoms in total. The molecule has 0 spiro atoms. The maximum absolute atomic E-state index is 12.3. The van der Waals surface area contributed by atoms with E-state index in [4.69, 9.17) is 5.11 Å². The van der Waals surface area contributed by atoms with Crippen molar-refractivity contribution in [1.82, 2.24) is 15.1 Å². The van der Waals surface area contributed by atoms with Crippen molar-refractivity contribution < 1.29 is 14.7 Å². The Balaban J connectivity index is 1.46. The fraction of sp³-hybridized carbons (Fsp3) is 0.421. The Kier molecular flexibility index (Phi) is 5.48. The second-order valence-corrected chi connectivity index (χ2v) is 6.64. The average Bonchev–Trinajstić information content (AvgIpc) is 3.08. The van der Waals surface area contributed by atoms with Gasteiger partial charge >= 0.3 is 5.97 Å². The minimum Gasteiger partial charge on any atom is -0.481 e. The molecule has 6 heteroatoms. The van der Waals surface area contributed by atoms with Gasteiger partial charge in [0.15, 0.2) is 0 Å². The van der Waals surface area contributed by atoms with Crippen LogP contribution < -0.4 is 5.32 Å². The van der Waals surface area contributed by atoms with Crippen LogP contribution in [0.25, 0.3) is 0 Å². The second-order valence-electron chi connectivity index (χ2n) is 6.64. The molecule has 0 radical (unpaired) electrons. The van der Waals surface area contributed by atoms with E-state index in [0.717, 1.165) is 5.56 Å². The van der Waals surface area contributed by atoms with Crippen LogP contribution >= 0.6 is 0 Å². The summed E-state index contributed by atoms with van der Waals surface area (Å²) in [6, 6.07) is 10.1. The molecule has 1 aromatic heterocycles. The Bertz CT molecular complexity index is 719. The monoisotopic (exact) mass is 341 g/mol. The number of rotatable bonds is 6. The zero-order chi connectivity index (χ0) is 17.6. The van der Waals surface area contributed by atoms with Crippen LogP contribution in [-0.2, 0) is 22.7 Å². The van der Waals surface area contributed by atoms with Crippen molar-refractivity contribution in [2.75, 3.05) is 0 Å². The first-order chi connectivity index (χ1) is 12.1. The summed E-state index contributed by atoms with van der Waals surface area (Å²) in [5, 5.41) is 16.3. The number of carboxylic acids is 1. The number of nitrogens with zero attached hydrogens (tertiary/aromatic N) is 2. The molecule has 1 heterocycles. The van der Waals surface area contributed by atoms with Crippen molar-refractivity contribution >= 4 is 11.9 Å². The van der Waals surface area contributed by atoms with E-state index in [-0.39, 0.29) is 17.7 Å². The first-order valence-electron chi connectivity index (χ1n) is 8.67. The normalized spacial score (nSPS) is 20.2. The van der Waals surface area contributed by atoms with Crippen molar-refractivity contribution in [2.24, 2.45) is 11.8 Å². The largest absolute Gasteiger partial charge is 0.481 e. The van der Waals surface area contributed by atoms with Gasteiger partial charge in [-0.1, -0.05) is 30.3 Å². The van der Waals surface area contributed by atoms with E-state index in [0.29, 0.717) is 38.8 Å². The predicted octanol–water partition coefficient (Wildman–Crippen LogP) is 2.44. The molecule has 0 unspecified atom stereocenters. The van der Waals surface area contributed by atoms with Gasteiger partial charge in [-0.25, -0.2) is 0 Å². The lowest BCUT2D eigenvalue weighted by atomic mass is 9.81. The molecule has 1 aliphatic carbocycles. The third-order valence-electron chi connectivity index (χ3n) is 4.79. The smallest absolute Gasteiger partial charge is 0.306 e. The maximum Gasteiger partial charge on any atom is 0.306 e. The second kappa shape index (κ2) is 7.96. The van der Waals surface area contributed by atoms with Gasteiger partial charge in [-0.2, -0.15) is 5.10 Å². The summed E-state index contributed by atoms with van der Waals surface area (Å²) in [6.07, 6.45) is 6.18. The molecule has 0 atom stereocenters. The summed E-state index contributed by atoms with van der Waals surface area (Å²) >= 11 is 0. The average molecular weight is 341 g/mol. The molecule has 25 heavy (non-hydrogen) atoms. The molecule has 3 rings (SSSR count). The van der Waals surface area contributed by atoms with Crippen molar-refractivity contribution in [1.29, 1.82) is 0 Å². The highest BCUT2D eigenvalue weighted by Crippen LogP contribution is 2.29. The highest BCUT2D eigenvalue weighted by atomic mass is 16.4. The number of hydrogen-bond donors (Lipinski definition) is 2. The van der Waals surface area contributed by atoms with E-state index < -0.39 is 5.97 Å². The quantitative estimate of drug-likeness (QED) is 0.845. The van der Waals surface area contributed by atoms with Gasteiger partial charge in [-0.15, -0.1) is 0 Å². The minimum atomic E-state index is -0.746. The molecule has 2 N–H and O–H groups in total. The first kappa shape index (κ1) is 17.2. The van der Waals surface area contributed by atoms with Gasteiger partial charge in [0, 0.05) is 24.2 Å². The Labute approximate surface area is 146 Å². The van der Waals surface area contributed by atoms with Crippen LogP contribution in [0.5, 0.6) is 0 Å². The molecule has 1 amide bonds. The van der Waals surface area contributed by atoms with E-state index >= 15 is 0 Å². The summed E-state index contributed by atoms with van der Waals surface area (Å²) in [4.78, 5) is 23.2. The van der Waals surface area contributed by atoms with Crippen LogP contribution in [0, 0.1) is 11.8 Å². The third-order valence-corrected chi connectivity index (χ3v) is 4.79. The van der Waals surface area contributed by atoms with Gasteiger partial charge in [-0.05, 0) is 31.2 Å². The minimum absolute atomic E-state index is 0.0136. The van der Waals surface area contributed by atoms with Crippen LogP contribution in [0.3, 0.4) is 0 Å². The van der Waals surface area contributed by atoms with E-state index in [1.54, 1.807) is 6.20 Å². The summed E-state index contributed by atoms with van der Waals surface area (Å²) in [5.41, 5.74) is 2.14. The van der Waals surface area contributed by atoms with Gasteiger partial charge in [0.05, 0.1) is 18.7 Å². The summed E-state index contributed by atoms with van der Waals surface area (Å²) < 4.78 is 1.86. The number of amides is 1. The SMILES string of the molecule is O=C(O)C1CCC(C(=O)NCc2cnn(Cc3ccccc3)c2)CC1. The predicted molar refractivity (Wildman–Crippen MR) is 92.7 cm³/mol. The Morgan fingerprint density at radius 2 is 1.76 bits per heavy atom. The van der Waals surface area contributed by atoms with E-state index in [2.05, 4.69) is 22.5 Å². The molecule has 132 valence electrons. The van der Waals surface area contributed by atoms with Crippen molar-refractivity contribution in [2.45, 2.75) is 38.8 Å². The molecule has 0 aliphatic heterocycles. The molecule has 1 fully saturated rings. The highest BCUT2D eigenvalue weighted by molar-refractivity contribution is 5.79. The topological polar surface area (TPSA) is 84.2 Å². The van der Waals surface area contributed by atoms with Gasteiger partial charge in [0.2, 0.25) is 5.91 Å². The van der Waals surface area contributed by atoms with Gasteiger partial charge in [0.25, 0.3) is 0 Å². The number of carboxylic acid groups (broad SMARTS) is 1. The number of carbonyl (C=O) groups excluding carboxylic acids is 1. The number of nitrogens with one attached hydrogen (secondary N) is 1. The summed E-state index contributed by atoms with van der Waals surface area (Å²) in [5.74, 6) is -1.10. The zero-order valence-corrected chi connectivity index (χ0v) is 14.1. The number of aromatic nitrogens is 2. The Morgan fingerprint density at radius 3 is 2.44 bits per heavy atom. The van der Waals surface area contributed by atoms with E-state index in [1.807, 2.05) is 29.1 Å². The Morgan fingerprint density at radius 1 is 1.08 bits per heavy atom. The van der Waals surface area contributed by atoms with Crippen molar-refractivity contribution in [3.8, 4) is 0 Å². The van der Waals surface area contributed by atoms with E-state index in [9.17, 15) is 9.59 Å². The standard InChI is InChI=1S/C19H23N3O3/c23-18(16-6-8-17(9-7-16)19(24)25)20-10-15-11-21-22(13-15)12-14-4-2-1-3-5-14/h1-5,11,13,16-17H,6-10,12H2,(H,20,23)(H,24,25).